The van der Waals surface area contributed by atoms with Crippen molar-refractivity contribution in [1.82, 2.24) is 10.9 Å². The molecule has 0 aliphatic carbocycles. The van der Waals surface area contributed by atoms with Crippen molar-refractivity contribution in [2.45, 2.75) is 6.42 Å². The zero-order valence-corrected chi connectivity index (χ0v) is 14.0. The number of nitrogens with one attached hydrogen (secondary N) is 2. The van der Waals surface area contributed by atoms with E-state index in [1.807, 2.05) is 0 Å². The van der Waals surface area contributed by atoms with Crippen molar-refractivity contribution in [2.75, 3.05) is 11.4 Å². The van der Waals surface area contributed by atoms with Crippen LogP contribution >= 0.6 is 11.6 Å². The van der Waals surface area contributed by atoms with Crippen LogP contribution in [0.5, 0.6) is 0 Å². The summed E-state index contributed by atoms with van der Waals surface area (Å²) in [5, 5.41) is 0.453. The molecule has 2 aromatic carbocycles. The molecule has 1 aliphatic heterocycles. The number of anilines is 1. The van der Waals surface area contributed by atoms with E-state index in [1.54, 1.807) is 54.6 Å². The third kappa shape index (κ3) is 3.80. The van der Waals surface area contributed by atoms with Crippen LogP contribution in [0, 0.1) is 5.92 Å². The standard InChI is InChI=1S/C18H16ClN3O3/c19-14-8-4-5-9-15(14)22-11-13(10-16(22)23)18(25)21-20-17(24)12-6-2-1-3-7-12/h1-9,13H,10-11H2,(H,20,24)(H,21,25)/t13-/m0/s1. The molecule has 6 nitrogen and oxygen atoms in total. The molecule has 25 heavy (non-hydrogen) atoms. The molecule has 1 saturated heterocycles. The lowest BCUT2D eigenvalue weighted by atomic mass is 10.1. The van der Waals surface area contributed by atoms with Gasteiger partial charge in [0.15, 0.2) is 0 Å². The van der Waals surface area contributed by atoms with Crippen LogP contribution in [0.25, 0.3) is 0 Å². The number of para-hydroxylation sites is 1. The Labute approximate surface area is 149 Å². The summed E-state index contributed by atoms with van der Waals surface area (Å²) in [7, 11) is 0. The molecule has 0 aromatic heterocycles. The van der Waals surface area contributed by atoms with Gasteiger partial charge in [-0.3, -0.25) is 25.2 Å². The Bertz CT molecular complexity index is 810. The molecule has 1 heterocycles. The summed E-state index contributed by atoms with van der Waals surface area (Å²) in [5.41, 5.74) is 5.76. The molecule has 7 heteroatoms. The molecular formula is C18H16ClN3O3. The topological polar surface area (TPSA) is 78.5 Å². The minimum atomic E-state index is -0.556. The van der Waals surface area contributed by atoms with Gasteiger partial charge in [0, 0.05) is 18.5 Å². The average Bonchev–Trinajstić information content (AvgIpc) is 3.02. The van der Waals surface area contributed by atoms with E-state index in [9.17, 15) is 14.4 Å². The lowest BCUT2D eigenvalue weighted by Crippen LogP contribution is -2.45. The number of rotatable bonds is 3. The van der Waals surface area contributed by atoms with Gasteiger partial charge in [0.25, 0.3) is 5.91 Å². The molecule has 1 fully saturated rings. The van der Waals surface area contributed by atoms with Crippen molar-refractivity contribution in [2.24, 2.45) is 5.92 Å². The summed E-state index contributed by atoms with van der Waals surface area (Å²) in [4.78, 5) is 37.9. The van der Waals surface area contributed by atoms with E-state index in [0.717, 1.165) is 0 Å². The molecule has 0 unspecified atom stereocenters. The van der Waals surface area contributed by atoms with E-state index in [-0.39, 0.29) is 18.9 Å². The Balaban J connectivity index is 1.60. The van der Waals surface area contributed by atoms with Crippen LogP contribution in [0.2, 0.25) is 5.02 Å². The Morgan fingerprint density at radius 3 is 2.40 bits per heavy atom. The van der Waals surface area contributed by atoms with Gasteiger partial charge >= 0.3 is 0 Å². The number of hydrogen-bond acceptors (Lipinski definition) is 3. The van der Waals surface area contributed by atoms with Crippen molar-refractivity contribution in [3.05, 3.63) is 65.2 Å². The van der Waals surface area contributed by atoms with E-state index in [0.29, 0.717) is 16.3 Å². The zero-order chi connectivity index (χ0) is 17.8. The van der Waals surface area contributed by atoms with Crippen LogP contribution in [-0.2, 0) is 9.59 Å². The molecular weight excluding hydrogens is 342 g/mol. The lowest BCUT2D eigenvalue weighted by molar-refractivity contribution is -0.126. The first kappa shape index (κ1) is 17.0. The largest absolute Gasteiger partial charge is 0.310 e. The fourth-order valence-electron chi connectivity index (χ4n) is 2.67. The quantitative estimate of drug-likeness (QED) is 0.826. The van der Waals surface area contributed by atoms with Gasteiger partial charge in [-0.2, -0.15) is 0 Å². The summed E-state index contributed by atoms with van der Waals surface area (Å²) < 4.78 is 0. The summed E-state index contributed by atoms with van der Waals surface area (Å²) in [6.07, 6.45) is 0.0677. The first-order valence-corrected chi connectivity index (χ1v) is 8.14. The summed E-state index contributed by atoms with van der Waals surface area (Å²) in [6, 6.07) is 15.5. The van der Waals surface area contributed by atoms with E-state index in [2.05, 4.69) is 10.9 Å². The van der Waals surface area contributed by atoms with E-state index < -0.39 is 17.7 Å². The number of carbonyl (C=O) groups is 3. The predicted molar refractivity (Wildman–Crippen MR) is 94.0 cm³/mol. The van der Waals surface area contributed by atoms with Crippen LogP contribution < -0.4 is 15.8 Å². The SMILES string of the molecule is O=C(NNC(=O)[C@H]1CC(=O)N(c2ccccc2Cl)C1)c1ccccc1. The molecule has 0 saturated carbocycles. The molecule has 3 rings (SSSR count). The van der Waals surface area contributed by atoms with Gasteiger partial charge < -0.3 is 4.90 Å². The van der Waals surface area contributed by atoms with Crippen LogP contribution in [0.4, 0.5) is 5.69 Å². The lowest BCUT2D eigenvalue weighted by Gasteiger charge is -2.18. The molecule has 1 atom stereocenters. The van der Waals surface area contributed by atoms with E-state index in [1.165, 1.54) is 4.90 Å². The van der Waals surface area contributed by atoms with E-state index >= 15 is 0 Å². The van der Waals surface area contributed by atoms with Gasteiger partial charge in [-0.15, -0.1) is 0 Å². The number of amides is 3. The highest BCUT2D eigenvalue weighted by Crippen LogP contribution is 2.30. The van der Waals surface area contributed by atoms with Crippen molar-refractivity contribution in [3.63, 3.8) is 0 Å². The van der Waals surface area contributed by atoms with E-state index in [4.69, 9.17) is 11.6 Å². The second-order valence-corrected chi connectivity index (χ2v) is 6.07. The molecule has 2 N–H and O–H groups in total. The predicted octanol–water partition coefficient (Wildman–Crippen LogP) is 2.15. The van der Waals surface area contributed by atoms with Crippen LogP contribution in [0.1, 0.15) is 16.8 Å². The van der Waals surface area contributed by atoms with Crippen molar-refractivity contribution < 1.29 is 14.4 Å². The van der Waals surface area contributed by atoms with Crippen LogP contribution in [0.15, 0.2) is 54.6 Å². The van der Waals surface area contributed by atoms with Gasteiger partial charge in [-0.1, -0.05) is 41.9 Å². The molecule has 0 spiro atoms. The molecule has 0 bridgehead atoms. The van der Waals surface area contributed by atoms with Crippen LogP contribution in [-0.4, -0.2) is 24.3 Å². The minimum Gasteiger partial charge on any atom is -0.310 e. The maximum Gasteiger partial charge on any atom is 0.269 e. The van der Waals surface area contributed by atoms with Crippen molar-refractivity contribution >= 4 is 35.0 Å². The number of hydrogen-bond donors (Lipinski definition) is 2. The molecule has 2 aromatic rings. The third-order valence-electron chi connectivity index (χ3n) is 3.97. The molecule has 128 valence electrons. The van der Waals surface area contributed by atoms with Gasteiger partial charge in [0.2, 0.25) is 11.8 Å². The normalized spacial score (nSPS) is 16.6. The Kier molecular flexibility index (Phi) is 5.00. The Hall–Kier alpha value is -2.86. The highest BCUT2D eigenvalue weighted by molar-refractivity contribution is 6.33. The highest BCUT2D eigenvalue weighted by atomic mass is 35.5. The maximum absolute atomic E-state index is 12.3. The first-order chi connectivity index (χ1) is 12.1. The number of benzene rings is 2. The second kappa shape index (κ2) is 7.36. The minimum absolute atomic E-state index is 0.0677. The average molecular weight is 358 g/mol. The summed E-state index contributed by atoms with van der Waals surface area (Å²) in [5.74, 6) is -1.56. The molecule has 1 aliphatic rings. The van der Waals surface area contributed by atoms with Gasteiger partial charge in [0.05, 0.1) is 16.6 Å². The maximum atomic E-state index is 12.3. The summed E-state index contributed by atoms with van der Waals surface area (Å²) >= 11 is 6.12. The Morgan fingerprint density at radius 1 is 1.00 bits per heavy atom. The van der Waals surface area contributed by atoms with Crippen molar-refractivity contribution in [1.29, 1.82) is 0 Å². The highest BCUT2D eigenvalue weighted by Gasteiger charge is 2.36. The van der Waals surface area contributed by atoms with Gasteiger partial charge in [0.1, 0.15) is 0 Å². The number of halogens is 1. The summed E-state index contributed by atoms with van der Waals surface area (Å²) in [6.45, 7) is 0.218. The Morgan fingerprint density at radius 2 is 1.68 bits per heavy atom. The molecule has 3 amide bonds. The first-order valence-electron chi connectivity index (χ1n) is 7.76. The third-order valence-corrected chi connectivity index (χ3v) is 4.29. The zero-order valence-electron chi connectivity index (χ0n) is 13.2. The second-order valence-electron chi connectivity index (χ2n) is 5.67. The fourth-order valence-corrected chi connectivity index (χ4v) is 2.91. The number of carbonyl (C=O) groups excluding carboxylic acids is 3. The van der Waals surface area contributed by atoms with Gasteiger partial charge in [-0.25, -0.2) is 0 Å². The monoisotopic (exact) mass is 357 g/mol. The number of nitrogens with zero attached hydrogens (tertiary/aromatic N) is 1. The number of hydrazine groups is 1. The van der Waals surface area contributed by atoms with Gasteiger partial charge in [-0.05, 0) is 24.3 Å². The van der Waals surface area contributed by atoms with Crippen LogP contribution in [0.3, 0.4) is 0 Å². The fraction of sp³-hybridized carbons (Fsp3) is 0.167. The molecule has 0 radical (unpaired) electrons. The van der Waals surface area contributed by atoms with Crippen molar-refractivity contribution in [3.8, 4) is 0 Å². The smallest absolute Gasteiger partial charge is 0.269 e.